The van der Waals surface area contributed by atoms with Crippen LogP contribution in [0.4, 0.5) is 0 Å². The Morgan fingerprint density at radius 1 is 1.40 bits per heavy atom. The number of nitrogens with one attached hydrogen (secondary N) is 2. The molecular weight excluding hydrogens is 188 g/mol. The largest absolute Gasteiger partial charge is 0.383 e. The van der Waals surface area contributed by atoms with Crippen molar-refractivity contribution in [3.05, 3.63) is 24.0 Å². The quantitative estimate of drug-likeness (QED) is 0.675. The lowest BCUT2D eigenvalue weighted by atomic mass is 9.83. The molecule has 1 aromatic heterocycles. The van der Waals surface area contributed by atoms with Crippen LogP contribution in [0, 0.1) is 0 Å². The lowest BCUT2D eigenvalue weighted by Crippen LogP contribution is -2.27. The minimum absolute atomic E-state index is 0.236. The molecule has 15 heavy (non-hydrogen) atoms. The van der Waals surface area contributed by atoms with E-state index in [-0.39, 0.29) is 5.41 Å². The van der Waals surface area contributed by atoms with Gasteiger partial charge in [-0.15, -0.1) is 0 Å². The van der Waals surface area contributed by atoms with Crippen LogP contribution in [0.1, 0.15) is 25.8 Å². The Morgan fingerprint density at radius 2 is 2.20 bits per heavy atom. The van der Waals surface area contributed by atoms with E-state index >= 15 is 0 Å². The Morgan fingerprint density at radius 3 is 2.80 bits per heavy atom. The molecule has 0 atom stereocenters. The molecule has 0 fully saturated rings. The normalized spacial score (nSPS) is 11.9. The summed E-state index contributed by atoms with van der Waals surface area (Å²) in [6.45, 7) is 7.29. The molecule has 1 aromatic rings. The second kappa shape index (κ2) is 5.93. The van der Waals surface area contributed by atoms with E-state index in [1.807, 2.05) is 6.20 Å². The van der Waals surface area contributed by atoms with Gasteiger partial charge in [-0.2, -0.15) is 0 Å². The van der Waals surface area contributed by atoms with Crippen LogP contribution >= 0.6 is 0 Å². The van der Waals surface area contributed by atoms with E-state index in [4.69, 9.17) is 4.74 Å². The van der Waals surface area contributed by atoms with Crippen LogP contribution in [0.5, 0.6) is 0 Å². The van der Waals surface area contributed by atoms with E-state index in [0.717, 1.165) is 26.1 Å². The maximum absolute atomic E-state index is 4.98. The Kier molecular flexibility index (Phi) is 4.85. The third-order valence-electron chi connectivity index (χ3n) is 2.79. The Balaban J connectivity index is 2.25. The fourth-order valence-corrected chi connectivity index (χ4v) is 1.59. The molecule has 0 aliphatic heterocycles. The van der Waals surface area contributed by atoms with Gasteiger partial charge in [0.1, 0.15) is 0 Å². The van der Waals surface area contributed by atoms with Gasteiger partial charge in [0.2, 0.25) is 0 Å². The molecule has 0 aromatic carbocycles. The van der Waals surface area contributed by atoms with Crippen molar-refractivity contribution in [2.75, 3.05) is 26.8 Å². The van der Waals surface area contributed by atoms with Crippen molar-refractivity contribution in [1.82, 2.24) is 10.3 Å². The number of hydrogen-bond donors (Lipinski definition) is 2. The van der Waals surface area contributed by atoms with E-state index in [1.54, 1.807) is 7.11 Å². The summed E-state index contributed by atoms with van der Waals surface area (Å²) in [5, 5.41) is 3.37. The van der Waals surface area contributed by atoms with Crippen molar-refractivity contribution in [2.45, 2.75) is 25.7 Å². The van der Waals surface area contributed by atoms with Crippen molar-refractivity contribution in [2.24, 2.45) is 0 Å². The first kappa shape index (κ1) is 12.3. The average Bonchev–Trinajstić information content (AvgIpc) is 2.70. The maximum Gasteiger partial charge on any atom is 0.0587 e. The van der Waals surface area contributed by atoms with Crippen molar-refractivity contribution in [1.29, 1.82) is 0 Å². The summed E-state index contributed by atoms with van der Waals surface area (Å²) in [6.07, 6.45) is 5.19. The SMILES string of the molecule is COCCNCCC(C)(C)c1cc[nH]c1. The third kappa shape index (κ3) is 4.06. The third-order valence-corrected chi connectivity index (χ3v) is 2.79. The molecule has 0 saturated heterocycles. The van der Waals surface area contributed by atoms with Gasteiger partial charge in [-0.3, -0.25) is 0 Å². The molecule has 0 unspecified atom stereocenters. The lowest BCUT2D eigenvalue weighted by Gasteiger charge is -2.23. The summed E-state index contributed by atoms with van der Waals surface area (Å²) in [6, 6.07) is 2.15. The molecule has 2 N–H and O–H groups in total. The highest BCUT2D eigenvalue weighted by Gasteiger charge is 2.19. The Labute approximate surface area is 92.2 Å². The number of ether oxygens (including phenoxy) is 1. The number of aromatic amines is 1. The van der Waals surface area contributed by atoms with E-state index in [9.17, 15) is 0 Å². The van der Waals surface area contributed by atoms with Crippen LogP contribution < -0.4 is 5.32 Å². The minimum Gasteiger partial charge on any atom is -0.383 e. The van der Waals surface area contributed by atoms with E-state index in [2.05, 4.69) is 36.4 Å². The van der Waals surface area contributed by atoms with Gasteiger partial charge in [-0.25, -0.2) is 0 Å². The topological polar surface area (TPSA) is 37.0 Å². The fraction of sp³-hybridized carbons (Fsp3) is 0.667. The van der Waals surface area contributed by atoms with Crippen LogP contribution in [0.3, 0.4) is 0 Å². The molecule has 0 spiro atoms. The second-order valence-electron chi connectivity index (χ2n) is 4.48. The molecule has 0 bridgehead atoms. The average molecular weight is 210 g/mol. The standard InChI is InChI=1S/C12H22N2O/c1-12(2,11-4-6-14-10-11)5-7-13-8-9-15-3/h4,6,10,13-14H,5,7-9H2,1-3H3. The number of hydrogen-bond acceptors (Lipinski definition) is 2. The molecule has 0 aliphatic rings. The summed E-state index contributed by atoms with van der Waals surface area (Å²) in [7, 11) is 1.73. The van der Waals surface area contributed by atoms with Crippen LogP contribution in [0.15, 0.2) is 18.5 Å². The first-order chi connectivity index (χ1) is 7.17. The highest BCUT2D eigenvalue weighted by molar-refractivity contribution is 5.19. The van der Waals surface area contributed by atoms with E-state index in [1.165, 1.54) is 5.56 Å². The van der Waals surface area contributed by atoms with Gasteiger partial charge < -0.3 is 15.0 Å². The van der Waals surface area contributed by atoms with Gasteiger partial charge in [0.05, 0.1) is 6.61 Å². The van der Waals surface area contributed by atoms with Crippen LogP contribution in [0.2, 0.25) is 0 Å². The zero-order chi connectivity index (χ0) is 11.1. The molecule has 0 aliphatic carbocycles. The number of H-pyrrole nitrogens is 1. The van der Waals surface area contributed by atoms with Gasteiger partial charge in [0.15, 0.2) is 0 Å². The molecule has 3 heteroatoms. The predicted molar refractivity (Wildman–Crippen MR) is 63.2 cm³/mol. The summed E-state index contributed by atoms with van der Waals surface area (Å²) >= 11 is 0. The number of rotatable bonds is 7. The molecule has 0 amide bonds. The first-order valence-corrected chi connectivity index (χ1v) is 5.50. The fourth-order valence-electron chi connectivity index (χ4n) is 1.59. The van der Waals surface area contributed by atoms with Gasteiger partial charge in [-0.05, 0) is 30.0 Å². The van der Waals surface area contributed by atoms with E-state index < -0.39 is 0 Å². The summed E-state index contributed by atoms with van der Waals surface area (Å²) in [4.78, 5) is 3.11. The maximum atomic E-state index is 4.98. The monoisotopic (exact) mass is 210 g/mol. The molecule has 0 radical (unpaired) electrons. The van der Waals surface area contributed by atoms with Gasteiger partial charge in [-0.1, -0.05) is 13.8 Å². The van der Waals surface area contributed by atoms with Crippen molar-refractivity contribution in [3.63, 3.8) is 0 Å². The summed E-state index contributed by atoms with van der Waals surface area (Å²) < 4.78 is 4.98. The minimum atomic E-state index is 0.236. The number of aromatic nitrogens is 1. The molecule has 3 nitrogen and oxygen atoms in total. The summed E-state index contributed by atoms with van der Waals surface area (Å²) in [5.41, 5.74) is 1.61. The lowest BCUT2D eigenvalue weighted by molar-refractivity contribution is 0.198. The molecule has 1 rings (SSSR count). The zero-order valence-electron chi connectivity index (χ0n) is 9.97. The predicted octanol–water partition coefficient (Wildman–Crippen LogP) is 1.92. The molecule has 0 saturated carbocycles. The molecule has 1 heterocycles. The van der Waals surface area contributed by atoms with Crippen molar-refractivity contribution < 1.29 is 4.74 Å². The van der Waals surface area contributed by atoms with Crippen molar-refractivity contribution in [3.8, 4) is 0 Å². The van der Waals surface area contributed by atoms with Gasteiger partial charge >= 0.3 is 0 Å². The highest BCUT2D eigenvalue weighted by atomic mass is 16.5. The second-order valence-corrected chi connectivity index (χ2v) is 4.48. The van der Waals surface area contributed by atoms with Crippen LogP contribution in [-0.4, -0.2) is 31.8 Å². The molecule has 86 valence electrons. The van der Waals surface area contributed by atoms with Gasteiger partial charge in [0, 0.05) is 26.0 Å². The molecular formula is C12H22N2O. The highest BCUT2D eigenvalue weighted by Crippen LogP contribution is 2.25. The van der Waals surface area contributed by atoms with Crippen molar-refractivity contribution >= 4 is 0 Å². The first-order valence-electron chi connectivity index (χ1n) is 5.50. The van der Waals surface area contributed by atoms with Crippen LogP contribution in [0.25, 0.3) is 0 Å². The van der Waals surface area contributed by atoms with Gasteiger partial charge in [0.25, 0.3) is 0 Å². The van der Waals surface area contributed by atoms with E-state index in [0.29, 0.717) is 0 Å². The zero-order valence-corrected chi connectivity index (χ0v) is 9.97. The Hall–Kier alpha value is -0.800. The Bertz CT molecular complexity index is 255. The van der Waals surface area contributed by atoms with Crippen LogP contribution in [-0.2, 0) is 10.2 Å². The smallest absolute Gasteiger partial charge is 0.0587 e. The summed E-state index contributed by atoms with van der Waals surface area (Å²) in [5.74, 6) is 0. The number of methoxy groups -OCH3 is 1.